The van der Waals surface area contributed by atoms with Crippen LogP contribution in [0.3, 0.4) is 0 Å². The average Bonchev–Trinajstić information content (AvgIpc) is 2.71. The lowest BCUT2D eigenvalue weighted by atomic mass is 10.2. The maximum Gasteiger partial charge on any atom is 0.321 e. The molecule has 158 valence electrons. The van der Waals surface area contributed by atoms with Crippen molar-refractivity contribution in [3.05, 3.63) is 53.6 Å². The van der Waals surface area contributed by atoms with Crippen molar-refractivity contribution in [1.29, 1.82) is 0 Å². The first-order valence-corrected chi connectivity index (χ1v) is 9.99. The number of piperazine rings is 1. The number of amides is 4. The maximum absolute atomic E-state index is 12.5. The zero-order valence-corrected chi connectivity index (χ0v) is 17.4. The molecule has 0 atom stereocenters. The zero-order chi connectivity index (χ0) is 21.5. The standard InChI is InChI=1S/C21H24ClN5O3/c1-15(28)23-17-7-8-19(18(22)13-17)25-21(30)27-11-9-26(10-12-27)14-20(29)24-16-5-3-2-4-6-16/h2-8,13H,9-12,14H2,1H3,(H,23,28)(H,24,29)(H,25,30). The summed E-state index contributed by atoms with van der Waals surface area (Å²) < 4.78 is 0. The van der Waals surface area contributed by atoms with Crippen LogP contribution in [0.15, 0.2) is 48.5 Å². The highest BCUT2D eigenvalue weighted by molar-refractivity contribution is 6.34. The summed E-state index contributed by atoms with van der Waals surface area (Å²) in [5.74, 6) is -0.275. The SMILES string of the molecule is CC(=O)Nc1ccc(NC(=O)N2CCN(CC(=O)Nc3ccccc3)CC2)c(Cl)c1. The molecule has 3 N–H and O–H groups in total. The number of halogens is 1. The average molecular weight is 430 g/mol. The molecule has 3 rings (SSSR count). The molecule has 4 amide bonds. The van der Waals surface area contributed by atoms with Gasteiger partial charge in [-0.15, -0.1) is 0 Å². The van der Waals surface area contributed by atoms with Gasteiger partial charge in [-0.2, -0.15) is 0 Å². The van der Waals surface area contributed by atoms with Crippen LogP contribution >= 0.6 is 11.6 Å². The molecule has 0 unspecified atom stereocenters. The predicted octanol–water partition coefficient (Wildman–Crippen LogP) is 3.09. The van der Waals surface area contributed by atoms with Gasteiger partial charge in [-0.1, -0.05) is 29.8 Å². The second-order valence-electron chi connectivity index (χ2n) is 6.98. The summed E-state index contributed by atoms with van der Waals surface area (Å²) >= 11 is 6.21. The first-order valence-electron chi connectivity index (χ1n) is 9.61. The summed E-state index contributed by atoms with van der Waals surface area (Å²) in [5, 5.41) is 8.64. The Labute approximate surface area is 180 Å². The third-order valence-electron chi connectivity index (χ3n) is 4.62. The van der Waals surface area contributed by atoms with E-state index in [1.807, 2.05) is 35.2 Å². The van der Waals surface area contributed by atoms with E-state index in [0.717, 1.165) is 5.69 Å². The highest BCUT2D eigenvalue weighted by atomic mass is 35.5. The second kappa shape index (κ2) is 10.1. The molecule has 1 aliphatic heterocycles. The fourth-order valence-electron chi connectivity index (χ4n) is 3.13. The molecule has 1 saturated heterocycles. The summed E-state index contributed by atoms with van der Waals surface area (Å²) in [6, 6.07) is 14.0. The molecule has 2 aromatic rings. The number of carbonyl (C=O) groups is 3. The Morgan fingerprint density at radius 2 is 1.60 bits per heavy atom. The van der Waals surface area contributed by atoms with Gasteiger partial charge >= 0.3 is 6.03 Å². The van der Waals surface area contributed by atoms with Crippen LogP contribution in [-0.4, -0.2) is 60.4 Å². The lowest BCUT2D eigenvalue weighted by molar-refractivity contribution is -0.117. The highest BCUT2D eigenvalue weighted by Crippen LogP contribution is 2.26. The molecule has 0 saturated carbocycles. The topological polar surface area (TPSA) is 93.8 Å². The Morgan fingerprint density at radius 3 is 2.23 bits per heavy atom. The molecule has 1 aliphatic rings. The molecule has 0 aliphatic carbocycles. The van der Waals surface area contributed by atoms with E-state index in [0.29, 0.717) is 42.6 Å². The van der Waals surface area contributed by atoms with Gasteiger partial charge in [0.1, 0.15) is 0 Å². The van der Waals surface area contributed by atoms with Gasteiger partial charge in [0.15, 0.2) is 0 Å². The van der Waals surface area contributed by atoms with Crippen LogP contribution in [0.4, 0.5) is 21.9 Å². The van der Waals surface area contributed by atoms with E-state index in [1.54, 1.807) is 23.1 Å². The Balaban J connectivity index is 1.46. The van der Waals surface area contributed by atoms with Crippen molar-refractivity contribution < 1.29 is 14.4 Å². The number of carbonyl (C=O) groups excluding carboxylic acids is 3. The van der Waals surface area contributed by atoms with Crippen LogP contribution in [0.1, 0.15) is 6.92 Å². The summed E-state index contributed by atoms with van der Waals surface area (Å²) in [7, 11) is 0. The molecular formula is C21H24ClN5O3. The lowest BCUT2D eigenvalue weighted by Gasteiger charge is -2.34. The van der Waals surface area contributed by atoms with Crippen molar-refractivity contribution in [3.8, 4) is 0 Å². The van der Waals surface area contributed by atoms with Crippen molar-refractivity contribution in [3.63, 3.8) is 0 Å². The molecule has 1 heterocycles. The lowest BCUT2D eigenvalue weighted by Crippen LogP contribution is -2.51. The summed E-state index contributed by atoms with van der Waals surface area (Å²) in [6.07, 6.45) is 0. The van der Waals surface area contributed by atoms with E-state index >= 15 is 0 Å². The summed E-state index contributed by atoms with van der Waals surface area (Å²) in [6.45, 7) is 3.91. The normalized spacial score (nSPS) is 14.1. The minimum absolute atomic E-state index is 0.0786. The van der Waals surface area contributed by atoms with Gasteiger partial charge in [0.05, 0.1) is 17.3 Å². The summed E-state index contributed by atoms with van der Waals surface area (Å²) in [4.78, 5) is 39.5. The van der Waals surface area contributed by atoms with Gasteiger partial charge in [-0.3, -0.25) is 14.5 Å². The van der Waals surface area contributed by atoms with E-state index in [-0.39, 0.29) is 24.4 Å². The number of benzene rings is 2. The number of urea groups is 1. The number of anilines is 3. The quantitative estimate of drug-likeness (QED) is 0.680. The van der Waals surface area contributed by atoms with Crippen molar-refractivity contribution in [2.24, 2.45) is 0 Å². The highest BCUT2D eigenvalue weighted by Gasteiger charge is 2.23. The van der Waals surface area contributed by atoms with Gasteiger partial charge < -0.3 is 20.9 Å². The van der Waals surface area contributed by atoms with Crippen molar-refractivity contribution >= 4 is 46.5 Å². The molecule has 1 fully saturated rings. The van der Waals surface area contributed by atoms with Crippen molar-refractivity contribution in [1.82, 2.24) is 9.80 Å². The molecule has 0 radical (unpaired) electrons. The predicted molar refractivity (Wildman–Crippen MR) is 118 cm³/mol. The van der Waals surface area contributed by atoms with Crippen LogP contribution in [0.2, 0.25) is 5.02 Å². The Kier molecular flexibility index (Phi) is 7.26. The van der Waals surface area contributed by atoms with Crippen LogP contribution in [0.25, 0.3) is 0 Å². The zero-order valence-electron chi connectivity index (χ0n) is 16.7. The molecule has 2 aromatic carbocycles. The van der Waals surface area contributed by atoms with E-state index in [9.17, 15) is 14.4 Å². The van der Waals surface area contributed by atoms with Crippen molar-refractivity contribution in [2.45, 2.75) is 6.92 Å². The molecule has 0 bridgehead atoms. The van der Waals surface area contributed by atoms with Gasteiger partial charge in [0, 0.05) is 44.5 Å². The Hall–Kier alpha value is -3.10. The smallest absolute Gasteiger partial charge is 0.321 e. The molecule has 8 nitrogen and oxygen atoms in total. The second-order valence-corrected chi connectivity index (χ2v) is 7.39. The van der Waals surface area contributed by atoms with Gasteiger partial charge in [-0.05, 0) is 30.3 Å². The number of para-hydroxylation sites is 1. The first-order chi connectivity index (χ1) is 14.4. The summed E-state index contributed by atoms with van der Waals surface area (Å²) in [5.41, 5.74) is 1.80. The van der Waals surface area contributed by atoms with E-state index in [1.165, 1.54) is 6.92 Å². The Bertz CT molecular complexity index is 914. The molecule has 9 heteroatoms. The minimum atomic E-state index is -0.252. The number of hydrogen-bond donors (Lipinski definition) is 3. The minimum Gasteiger partial charge on any atom is -0.326 e. The largest absolute Gasteiger partial charge is 0.326 e. The van der Waals surface area contributed by atoms with E-state index < -0.39 is 0 Å². The van der Waals surface area contributed by atoms with Gasteiger partial charge in [0.25, 0.3) is 0 Å². The van der Waals surface area contributed by atoms with E-state index in [2.05, 4.69) is 16.0 Å². The molecule has 0 spiro atoms. The fraction of sp³-hybridized carbons (Fsp3) is 0.286. The molecular weight excluding hydrogens is 406 g/mol. The van der Waals surface area contributed by atoms with Gasteiger partial charge in [0.2, 0.25) is 11.8 Å². The van der Waals surface area contributed by atoms with Crippen LogP contribution in [-0.2, 0) is 9.59 Å². The Morgan fingerprint density at radius 1 is 0.900 bits per heavy atom. The third kappa shape index (κ3) is 6.20. The number of hydrogen-bond acceptors (Lipinski definition) is 4. The number of nitrogens with zero attached hydrogens (tertiary/aromatic N) is 2. The first kappa shape index (κ1) is 21.6. The molecule has 0 aromatic heterocycles. The third-order valence-corrected chi connectivity index (χ3v) is 4.93. The van der Waals surface area contributed by atoms with Crippen LogP contribution < -0.4 is 16.0 Å². The maximum atomic E-state index is 12.5. The number of nitrogens with one attached hydrogen (secondary N) is 3. The van der Waals surface area contributed by atoms with Crippen LogP contribution in [0, 0.1) is 0 Å². The number of rotatable bonds is 5. The van der Waals surface area contributed by atoms with E-state index in [4.69, 9.17) is 11.6 Å². The van der Waals surface area contributed by atoms with Gasteiger partial charge in [-0.25, -0.2) is 4.79 Å². The van der Waals surface area contributed by atoms with Crippen LogP contribution in [0.5, 0.6) is 0 Å². The molecule has 30 heavy (non-hydrogen) atoms. The van der Waals surface area contributed by atoms with Crippen molar-refractivity contribution in [2.75, 3.05) is 48.7 Å². The fourth-order valence-corrected chi connectivity index (χ4v) is 3.35. The monoisotopic (exact) mass is 429 g/mol.